The van der Waals surface area contributed by atoms with Gasteiger partial charge in [0.1, 0.15) is 0 Å². The molecule has 0 spiro atoms. The number of carbonyl (C=O) groups is 1. The Labute approximate surface area is 139 Å². The van der Waals surface area contributed by atoms with Crippen molar-refractivity contribution in [2.75, 3.05) is 25.9 Å². The molecule has 3 fully saturated rings. The van der Waals surface area contributed by atoms with E-state index in [9.17, 15) is 13.2 Å². The fourth-order valence-corrected chi connectivity index (χ4v) is 4.52. The van der Waals surface area contributed by atoms with Gasteiger partial charge in [0.05, 0.1) is 6.26 Å². The highest BCUT2D eigenvalue weighted by Gasteiger charge is 2.39. The minimum absolute atomic E-state index is 0.0850. The lowest BCUT2D eigenvalue weighted by atomic mass is 9.94. The molecule has 10 heteroatoms. The number of aromatic nitrogens is 4. The molecule has 0 aliphatic carbocycles. The summed E-state index contributed by atoms with van der Waals surface area (Å²) in [7, 11) is -3.24. The Morgan fingerprint density at radius 2 is 2.08 bits per heavy atom. The first kappa shape index (κ1) is 15.5. The smallest absolute Gasteiger partial charge is 0.254 e. The van der Waals surface area contributed by atoms with Crippen molar-refractivity contribution in [3.8, 4) is 0 Å². The van der Waals surface area contributed by atoms with Crippen molar-refractivity contribution in [3.05, 3.63) is 23.9 Å². The van der Waals surface area contributed by atoms with Gasteiger partial charge in [-0.2, -0.15) is 4.31 Å². The molecule has 2 aromatic rings. The molecule has 1 amide bonds. The number of carbonyl (C=O) groups excluding carboxylic acids is 1. The Morgan fingerprint density at radius 3 is 2.88 bits per heavy atom. The summed E-state index contributed by atoms with van der Waals surface area (Å²) in [4.78, 5) is 14.8. The fraction of sp³-hybridized carbons (Fsp3) is 0.571. The molecule has 0 aromatic carbocycles. The molecule has 9 nitrogen and oxygen atoms in total. The van der Waals surface area contributed by atoms with Crippen LogP contribution in [0.2, 0.25) is 0 Å². The van der Waals surface area contributed by atoms with E-state index in [1.165, 1.54) is 15.1 Å². The Bertz CT molecular complexity index is 895. The predicted octanol–water partition coefficient (Wildman–Crippen LogP) is -0.380. The van der Waals surface area contributed by atoms with Crippen LogP contribution in [0.15, 0.2) is 18.3 Å². The molecule has 0 N–H and O–H groups in total. The quantitative estimate of drug-likeness (QED) is 0.732. The van der Waals surface area contributed by atoms with E-state index in [1.54, 1.807) is 18.3 Å². The van der Waals surface area contributed by atoms with Crippen molar-refractivity contribution < 1.29 is 13.2 Å². The summed E-state index contributed by atoms with van der Waals surface area (Å²) in [5.41, 5.74) is 1.04. The summed E-state index contributed by atoms with van der Waals surface area (Å²) in [5.74, 6) is 0.0893. The Balaban J connectivity index is 1.63. The number of hydrogen-bond acceptors (Lipinski definition) is 6. The van der Waals surface area contributed by atoms with Gasteiger partial charge in [0.2, 0.25) is 10.0 Å². The zero-order chi connectivity index (χ0) is 16.9. The van der Waals surface area contributed by atoms with Gasteiger partial charge in [-0.25, -0.2) is 12.9 Å². The molecule has 5 rings (SSSR count). The SMILES string of the molecule is CS(=O)(=O)N1C[C@H]2CC[C@@H](C1)N(C(=O)c1ccn3nnnc3c1)C2. The molecule has 3 saturated heterocycles. The fourth-order valence-electron chi connectivity index (χ4n) is 3.60. The van der Waals surface area contributed by atoms with E-state index >= 15 is 0 Å². The number of rotatable bonds is 2. The molecule has 24 heavy (non-hydrogen) atoms. The molecule has 0 saturated carbocycles. The van der Waals surface area contributed by atoms with E-state index in [0.717, 1.165) is 12.8 Å². The van der Waals surface area contributed by atoms with Crippen molar-refractivity contribution in [2.45, 2.75) is 18.9 Å². The third-order valence-electron chi connectivity index (χ3n) is 4.86. The van der Waals surface area contributed by atoms with Crippen LogP contribution in [0.1, 0.15) is 23.2 Å². The number of piperidine rings is 1. The molecule has 0 radical (unpaired) electrons. The summed E-state index contributed by atoms with van der Waals surface area (Å²) < 4.78 is 26.8. The zero-order valence-electron chi connectivity index (χ0n) is 13.2. The number of fused-ring (bicyclic) bond motifs is 5. The highest BCUT2D eigenvalue weighted by Crippen LogP contribution is 2.30. The van der Waals surface area contributed by atoms with Gasteiger partial charge in [-0.05, 0) is 41.3 Å². The van der Waals surface area contributed by atoms with E-state index in [1.807, 2.05) is 4.90 Å². The molecule has 0 unspecified atom stereocenters. The van der Waals surface area contributed by atoms with Gasteiger partial charge in [-0.1, -0.05) is 0 Å². The maximum atomic E-state index is 12.9. The normalized spacial score (nSPS) is 25.1. The molecule has 3 aliphatic rings. The van der Waals surface area contributed by atoms with Crippen LogP contribution in [0.4, 0.5) is 0 Å². The molecular weight excluding hydrogens is 332 g/mol. The van der Waals surface area contributed by atoms with Crippen molar-refractivity contribution in [2.24, 2.45) is 5.92 Å². The Morgan fingerprint density at radius 1 is 1.25 bits per heavy atom. The molecule has 5 heterocycles. The van der Waals surface area contributed by atoms with Crippen LogP contribution in [0.5, 0.6) is 0 Å². The monoisotopic (exact) mass is 350 g/mol. The summed E-state index contributed by atoms with van der Waals surface area (Å²) in [5, 5.41) is 11.2. The highest BCUT2D eigenvalue weighted by molar-refractivity contribution is 7.88. The lowest BCUT2D eigenvalue weighted by molar-refractivity contribution is 0.0588. The van der Waals surface area contributed by atoms with Crippen molar-refractivity contribution in [1.29, 1.82) is 0 Å². The number of hydrogen-bond donors (Lipinski definition) is 0. The Hall–Kier alpha value is -2.07. The Kier molecular flexibility index (Phi) is 3.53. The molecule has 2 bridgehead atoms. The van der Waals surface area contributed by atoms with Gasteiger partial charge in [0.25, 0.3) is 5.91 Å². The maximum Gasteiger partial charge on any atom is 0.254 e. The van der Waals surface area contributed by atoms with Crippen LogP contribution < -0.4 is 0 Å². The second-order valence-electron chi connectivity index (χ2n) is 6.53. The lowest BCUT2D eigenvalue weighted by Gasteiger charge is -2.36. The largest absolute Gasteiger partial charge is 0.334 e. The topological polar surface area (TPSA) is 101 Å². The highest BCUT2D eigenvalue weighted by atomic mass is 32.2. The molecular formula is C14H18N6O3S. The number of sulfonamides is 1. The first-order valence-corrected chi connectivity index (χ1v) is 9.70. The van der Waals surface area contributed by atoms with Crippen molar-refractivity contribution in [1.82, 2.24) is 29.2 Å². The number of pyridine rings is 1. The van der Waals surface area contributed by atoms with Crippen molar-refractivity contribution in [3.63, 3.8) is 0 Å². The minimum Gasteiger partial charge on any atom is -0.334 e. The van der Waals surface area contributed by atoms with E-state index in [2.05, 4.69) is 15.5 Å². The summed E-state index contributed by atoms with van der Waals surface area (Å²) >= 11 is 0. The second-order valence-corrected chi connectivity index (χ2v) is 8.51. The number of amides is 1. The molecule has 128 valence electrons. The molecule has 2 atom stereocenters. The van der Waals surface area contributed by atoms with Crippen LogP contribution in [0.25, 0.3) is 5.65 Å². The number of tetrazole rings is 1. The first-order valence-electron chi connectivity index (χ1n) is 7.85. The van der Waals surface area contributed by atoms with Gasteiger partial charge in [-0.15, -0.1) is 5.10 Å². The van der Waals surface area contributed by atoms with E-state index in [0.29, 0.717) is 30.8 Å². The van der Waals surface area contributed by atoms with Crippen LogP contribution in [0.3, 0.4) is 0 Å². The van der Waals surface area contributed by atoms with Gasteiger partial charge in [0.15, 0.2) is 5.65 Å². The van der Waals surface area contributed by atoms with Crippen LogP contribution in [0, 0.1) is 5.92 Å². The first-order chi connectivity index (χ1) is 11.4. The molecule has 2 aromatic heterocycles. The average Bonchev–Trinajstić information content (AvgIpc) is 2.80. The van der Waals surface area contributed by atoms with Crippen LogP contribution in [-0.4, -0.2) is 75.5 Å². The van der Waals surface area contributed by atoms with Gasteiger partial charge in [0, 0.05) is 37.4 Å². The van der Waals surface area contributed by atoms with Crippen LogP contribution in [-0.2, 0) is 10.0 Å². The van der Waals surface area contributed by atoms with Crippen molar-refractivity contribution >= 4 is 21.6 Å². The van der Waals surface area contributed by atoms with E-state index < -0.39 is 10.0 Å². The third-order valence-corrected chi connectivity index (χ3v) is 6.09. The van der Waals surface area contributed by atoms with E-state index in [-0.39, 0.29) is 17.9 Å². The molecule has 3 aliphatic heterocycles. The maximum absolute atomic E-state index is 12.9. The minimum atomic E-state index is -3.24. The average molecular weight is 350 g/mol. The van der Waals surface area contributed by atoms with Gasteiger partial charge >= 0.3 is 0 Å². The summed E-state index contributed by atoms with van der Waals surface area (Å²) in [6.45, 7) is 1.45. The third kappa shape index (κ3) is 2.65. The lowest BCUT2D eigenvalue weighted by Crippen LogP contribution is -2.47. The van der Waals surface area contributed by atoms with E-state index in [4.69, 9.17) is 0 Å². The standard InChI is InChI=1S/C14H18N6O3S/c1-24(22,23)18-7-10-2-3-12(9-18)19(8-10)14(21)11-4-5-20-13(6-11)15-16-17-20/h4-6,10,12H,2-3,7-9H2,1H3/t10-,12+/m1/s1. The summed E-state index contributed by atoms with van der Waals surface area (Å²) in [6, 6.07) is 3.27. The number of nitrogens with zero attached hydrogens (tertiary/aromatic N) is 6. The van der Waals surface area contributed by atoms with Gasteiger partial charge in [-0.3, -0.25) is 4.79 Å². The predicted molar refractivity (Wildman–Crippen MR) is 84.7 cm³/mol. The van der Waals surface area contributed by atoms with Gasteiger partial charge < -0.3 is 4.90 Å². The summed E-state index contributed by atoms with van der Waals surface area (Å²) in [6.07, 6.45) is 4.67. The zero-order valence-corrected chi connectivity index (χ0v) is 14.1. The van der Waals surface area contributed by atoms with Crippen LogP contribution >= 0.6 is 0 Å². The second kappa shape index (κ2) is 5.49.